The normalized spacial score (nSPS) is 19.8. The second kappa shape index (κ2) is 8.62. The summed E-state index contributed by atoms with van der Waals surface area (Å²) in [5.41, 5.74) is 0.923. The van der Waals surface area contributed by atoms with Gasteiger partial charge in [0.15, 0.2) is 10.7 Å². The van der Waals surface area contributed by atoms with Gasteiger partial charge in [0.2, 0.25) is 10.0 Å². The molecule has 0 aromatic carbocycles. The Balaban J connectivity index is 1.41. The van der Waals surface area contributed by atoms with Crippen LogP contribution in [0.3, 0.4) is 0 Å². The summed E-state index contributed by atoms with van der Waals surface area (Å²) >= 11 is 1.35. The van der Waals surface area contributed by atoms with Crippen molar-refractivity contribution in [2.45, 2.75) is 48.5 Å². The van der Waals surface area contributed by atoms with Crippen molar-refractivity contribution in [3.63, 3.8) is 0 Å². The molecule has 200 valence electrons. The van der Waals surface area contributed by atoms with Gasteiger partial charge in [-0.2, -0.15) is 5.26 Å². The van der Waals surface area contributed by atoms with E-state index in [9.17, 15) is 18.5 Å². The minimum atomic E-state index is -3.80. The van der Waals surface area contributed by atoms with E-state index in [1.807, 2.05) is 6.92 Å². The Labute approximate surface area is 224 Å². The number of sulfonamides is 1. The molecule has 38 heavy (non-hydrogen) atoms. The largest absolute Gasteiger partial charge is 0.365 e. The maximum absolute atomic E-state index is 13.5. The molecule has 0 radical (unpaired) electrons. The molecule has 4 heterocycles. The number of rotatable bonds is 6. The number of nitriles is 1. The van der Waals surface area contributed by atoms with Crippen molar-refractivity contribution in [3.05, 3.63) is 23.5 Å². The van der Waals surface area contributed by atoms with Gasteiger partial charge >= 0.3 is 6.03 Å². The number of anilines is 1. The zero-order valence-electron chi connectivity index (χ0n) is 21.5. The molecule has 1 N–H and O–H groups in total. The zero-order chi connectivity index (χ0) is 26.9. The molecule has 1 saturated heterocycles. The average Bonchev–Trinajstić information content (AvgIpc) is 3.72. The van der Waals surface area contributed by atoms with Crippen LogP contribution in [-0.4, -0.2) is 89.6 Å². The van der Waals surface area contributed by atoms with Gasteiger partial charge in [-0.05, 0) is 38.7 Å². The number of imidazole rings is 1. The summed E-state index contributed by atoms with van der Waals surface area (Å²) in [5, 5.41) is 19.5. The third kappa shape index (κ3) is 4.28. The SMILES string of the molecule is CN(C)C(=O)N1CCN(c2cc(S(=O)(=O)NC3(C)CC3)cn3c(-c4nnc(C5(C#N)CC5)s4)cnc23)CC1. The number of urea groups is 1. The molecule has 3 aromatic rings. The third-order valence-electron chi connectivity index (χ3n) is 7.54. The van der Waals surface area contributed by atoms with Gasteiger partial charge in [-0.15, -0.1) is 10.2 Å². The number of fused-ring (bicyclic) bond motifs is 1. The van der Waals surface area contributed by atoms with Crippen LogP contribution in [0, 0.1) is 11.3 Å². The van der Waals surface area contributed by atoms with Gasteiger partial charge in [0.25, 0.3) is 0 Å². The van der Waals surface area contributed by atoms with Gasteiger partial charge < -0.3 is 14.7 Å². The van der Waals surface area contributed by atoms with E-state index in [2.05, 4.69) is 30.9 Å². The molecule has 2 amide bonds. The van der Waals surface area contributed by atoms with Crippen molar-refractivity contribution in [2.75, 3.05) is 45.2 Å². The van der Waals surface area contributed by atoms with Gasteiger partial charge in [0.1, 0.15) is 21.0 Å². The number of nitrogens with one attached hydrogen (secondary N) is 1. The molecule has 0 unspecified atom stereocenters. The molecule has 12 nitrogen and oxygen atoms in total. The van der Waals surface area contributed by atoms with Crippen LogP contribution in [0.25, 0.3) is 16.3 Å². The molecular formula is C24H29N9O3S2. The van der Waals surface area contributed by atoms with Crippen molar-refractivity contribution in [1.29, 1.82) is 5.26 Å². The molecule has 6 rings (SSSR count). The number of amides is 2. The van der Waals surface area contributed by atoms with Crippen molar-refractivity contribution >= 4 is 38.7 Å². The van der Waals surface area contributed by atoms with Crippen LogP contribution in [0.2, 0.25) is 0 Å². The highest BCUT2D eigenvalue weighted by Gasteiger charge is 2.48. The Morgan fingerprint density at radius 1 is 1.16 bits per heavy atom. The fourth-order valence-corrected chi connectivity index (χ4v) is 7.22. The summed E-state index contributed by atoms with van der Waals surface area (Å²) in [6.07, 6.45) is 6.39. The van der Waals surface area contributed by atoms with E-state index in [4.69, 9.17) is 0 Å². The van der Waals surface area contributed by atoms with Gasteiger partial charge in [-0.1, -0.05) is 11.3 Å². The van der Waals surface area contributed by atoms with E-state index in [-0.39, 0.29) is 10.9 Å². The number of hydrogen-bond acceptors (Lipinski definition) is 9. The first-order valence-corrected chi connectivity index (χ1v) is 14.9. The topological polar surface area (TPSA) is 140 Å². The van der Waals surface area contributed by atoms with Gasteiger partial charge in [-0.3, -0.25) is 4.40 Å². The Hall–Kier alpha value is -3.28. The standard InChI is InChI=1S/C24H29N9O3S2/c1-23(4-5-23)29-38(35,36)16-12-17(31-8-10-32(11-9-31)22(34)30(2)3)19-26-13-18(33(19)14-16)20-27-28-21(37-20)24(15-25)6-7-24/h12-14,29H,4-11H2,1-3H3. The molecule has 1 aliphatic heterocycles. The molecule has 0 spiro atoms. The Bertz CT molecular complexity index is 1570. The summed E-state index contributed by atoms with van der Waals surface area (Å²) in [4.78, 5) is 22.6. The maximum Gasteiger partial charge on any atom is 0.319 e. The summed E-state index contributed by atoms with van der Waals surface area (Å²) in [6.45, 7) is 4.01. The Morgan fingerprint density at radius 3 is 2.47 bits per heavy atom. The number of carbonyl (C=O) groups excluding carboxylic acids is 1. The Morgan fingerprint density at radius 2 is 1.87 bits per heavy atom. The summed E-state index contributed by atoms with van der Waals surface area (Å²) in [7, 11) is -0.347. The molecular weight excluding hydrogens is 526 g/mol. The van der Waals surface area contributed by atoms with Crippen LogP contribution in [0.5, 0.6) is 0 Å². The van der Waals surface area contributed by atoms with Crippen LogP contribution in [0.1, 0.15) is 37.6 Å². The molecule has 3 aliphatic rings. The molecule has 0 bridgehead atoms. The monoisotopic (exact) mass is 555 g/mol. The van der Waals surface area contributed by atoms with Gasteiger partial charge in [-0.25, -0.2) is 22.9 Å². The van der Waals surface area contributed by atoms with Crippen LogP contribution in [0.4, 0.5) is 10.5 Å². The van der Waals surface area contributed by atoms with Crippen molar-refractivity contribution in [3.8, 4) is 16.8 Å². The smallest absolute Gasteiger partial charge is 0.319 e. The summed E-state index contributed by atoms with van der Waals surface area (Å²) < 4.78 is 31.5. The maximum atomic E-state index is 13.5. The van der Waals surface area contributed by atoms with Crippen molar-refractivity contribution < 1.29 is 13.2 Å². The predicted molar refractivity (Wildman–Crippen MR) is 141 cm³/mol. The molecule has 3 fully saturated rings. The molecule has 0 atom stereocenters. The van der Waals surface area contributed by atoms with Crippen LogP contribution >= 0.6 is 11.3 Å². The van der Waals surface area contributed by atoms with Crippen molar-refractivity contribution in [2.24, 2.45) is 0 Å². The zero-order valence-corrected chi connectivity index (χ0v) is 23.1. The highest BCUT2D eigenvalue weighted by Crippen LogP contribution is 2.49. The minimum Gasteiger partial charge on any atom is -0.365 e. The first-order valence-electron chi connectivity index (χ1n) is 12.6. The predicted octanol–water partition coefficient (Wildman–Crippen LogP) is 2.04. The number of hydrogen-bond donors (Lipinski definition) is 1. The summed E-state index contributed by atoms with van der Waals surface area (Å²) in [6, 6.07) is 3.98. The van der Waals surface area contributed by atoms with E-state index in [1.54, 1.807) is 46.8 Å². The lowest BCUT2D eigenvalue weighted by molar-refractivity contribution is 0.168. The third-order valence-corrected chi connectivity index (χ3v) is 10.3. The van der Waals surface area contributed by atoms with E-state index in [0.29, 0.717) is 53.2 Å². The fourth-order valence-electron chi connectivity index (χ4n) is 4.70. The van der Waals surface area contributed by atoms with Crippen LogP contribution in [0.15, 0.2) is 23.4 Å². The highest BCUT2D eigenvalue weighted by molar-refractivity contribution is 7.89. The van der Waals surface area contributed by atoms with Crippen molar-refractivity contribution in [1.82, 2.24) is 34.1 Å². The van der Waals surface area contributed by atoms with E-state index in [0.717, 1.165) is 25.7 Å². The average molecular weight is 556 g/mol. The van der Waals surface area contributed by atoms with E-state index >= 15 is 0 Å². The molecule has 2 saturated carbocycles. The van der Waals surface area contributed by atoms with Gasteiger partial charge in [0.05, 0.1) is 18.0 Å². The number of nitrogens with zero attached hydrogens (tertiary/aromatic N) is 8. The van der Waals surface area contributed by atoms with E-state index in [1.165, 1.54) is 11.3 Å². The van der Waals surface area contributed by atoms with E-state index < -0.39 is 21.0 Å². The summed E-state index contributed by atoms with van der Waals surface area (Å²) in [5.74, 6) is 0. The second-order valence-corrected chi connectivity index (χ2v) is 13.5. The number of aromatic nitrogens is 4. The van der Waals surface area contributed by atoms with Crippen LogP contribution < -0.4 is 9.62 Å². The quantitative estimate of drug-likeness (QED) is 0.487. The first kappa shape index (κ1) is 25.0. The van der Waals surface area contributed by atoms with Gasteiger partial charge in [0, 0.05) is 52.0 Å². The fraction of sp³-hybridized carbons (Fsp3) is 0.542. The molecule has 3 aromatic heterocycles. The Kier molecular flexibility index (Phi) is 5.68. The van der Waals surface area contributed by atoms with Crippen LogP contribution in [-0.2, 0) is 15.4 Å². The molecule has 14 heteroatoms. The lowest BCUT2D eigenvalue weighted by atomic mass is 10.1. The number of carbonyl (C=O) groups is 1. The number of piperazine rings is 1. The lowest BCUT2D eigenvalue weighted by Crippen LogP contribution is -2.51. The lowest BCUT2D eigenvalue weighted by Gasteiger charge is -2.37. The second-order valence-electron chi connectivity index (χ2n) is 10.8. The number of pyridine rings is 1. The minimum absolute atomic E-state index is 0.0472. The highest BCUT2D eigenvalue weighted by atomic mass is 32.2. The molecule has 2 aliphatic carbocycles. The first-order chi connectivity index (χ1) is 18.0.